The van der Waals surface area contributed by atoms with Crippen LogP contribution in [0.3, 0.4) is 0 Å². The van der Waals surface area contributed by atoms with E-state index < -0.39 is 11.8 Å². The van der Waals surface area contributed by atoms with Crippen molar-refractivity contribution in [3.63, 3.8) is 0 Å². The smallest absolute Gasteiger partial charge is 0.271 e. The van der Waals surface area contributed by atoms with Crippen molar-refractivity contribution in [2.24, 2.45) is 5.73 Å². The van der Waals surface area contributed by atoms with Crippen molar-refractivity contribution in [1.29, 1.82) is 0 Å². The highest BCUT2D eigenvalue weighted by Crippen LogP contribution is 2.19. The number of primary amides is 1. The highest BCUT2D eigenvalue weighted by Gasteiger charge is 2.21. The quantitative estimate of drug-likeness (QED) is 0.558. The van der Waals surface area contributed by atoms with E-state index in [0.717, 1.165) is 13.0 Å². The minimum absolute atomic E-state index is 0.0816. The van der Waals surface area contributed by atoms with Crippen molar-refractivity contribution >= 4 is 17.7 Å². The molecule has 2 heterocycles. The molecule has 0 aliphatic carbocycles. The van der Waals surface area contributed by atoms with Gasteiger partial charge in [0.25, 0.3) is 11.8 Å². The van der Waals surface area contributed by atoms with Crippen LogP contribution in [0.2, 0.25) is 0 Å². The van der Waals surface area contributed by atoms with E-state index in [4.69, 9.17) is 5.73 Å². The van der Waals surface area contributed by atoms with Gasteiger partial charge in [-0.25, -0.2) is 4.68 Å². The fraction of sp³-hybridized carbons (Fsp3) is 0.250. The van der Waals surface area contributed by atoms with Crippen molar-refractivity contribution in [3.05, 3.63) is 83.2 Å². The van der Waals surface area contributed by atoms with Gasteiger partial charge in [-0.1, -0.05) is 42.5 Å². The number of amides is 3. The molecule has 8 nitrogen and oxygen atoms in total. The summed E-state index contributed by atoms with van der Waals surface area (Å²) in [5, 5.41) is 7.01. The molecule has 0 bridgehead atoms. The Morgan fingerprint density at radius 1 is 1.00 bits per heavy atom. The van der Waals surface area contributed by atoms with E-state index in [2.05, 4.69) is 22.5 Å². The first-order valence-corrected chi connectivity index (χ1v) is 10.6. The second-order valence-electron chi connectivity index (χ2n) is 7.72. The average Bonchev–Trinajstić information content (AvgIpc) is 3.28. The number of hydrogen-bond acceptors (Lipinski definition) is 4. The summed E-state index contributed by atoms with van der Waals surface area (Å²) in [6.07, 6.45) is 1.74. The van der Waals surface area contributed by atoms with Gasteiger partial charge in [-0.2, -0.15) is 5.10 Å². The van der Waals surface area contributed by atoms with Crippen molar-refractivity contribution in [2.75, 3.05) is 13.1 Å². The highest BCUT2D eigenvalue weighted by molar-refractivity contribution is 5.97. The Kier molecular flexibility index (Phi) is 6.30. The predicted molar refractivity (Wildman–Crippen MR) is 119 cm³/mol. The molecule has 0 spiro atoms. The summed E-state index contributed by atoms with van der Waals surface area (Å²) in [7, 11) is 0. The Balaban J connectivity index is 1.30. The van der Waals surface area contributed by atoms with Crippen molar-refractivity contribution in [3.8, 4) is 5.69 Å². The summed E-state index contributed by atoms with van der Waals surface area (Å²) in [6, 6.07) is 18.5. The zero-order chi connectivity index (χ0) is 22.5. The Morgan fingerprint density at radius 3 is 2.47 bits per heavy atom. The van der Waals surface area contributed by atoms with Crippen molar-refractivity contribution in [2.45, 2.75) is 25.8 Å². The molecule has 3 amide bonds. The van der Waals surface area contributed by atoms with Gasteiger partial charge >= 0.3 is 0 Å². The molecule has 0 radical (unpaired) electrons. The van der Waals surface area contributed by atoms with Gasteiger partial charge in [0.2, 0.25) is 5.91 Å². The van der Waals surface area contributed by atoms with Crippen LogP contribution in [0.15, 0.2) is 60.7 Å². The maximum absolute atomic E-state index is 12.5. The zero-order valence-corrected chi connectivity index (χ0v) is 17.7. The Hall–Kier alpha value is -3.94. The van der Waals surface area contributed by atoms with Gasteiger partial charge in [0.15, 0.2) is 5.69 Å². The molecule has 0 saturated heterocycles. The summed E-state index contributed by atoms with van der Waals surface area (Å²) in [5.74, 6) is -1.01. The minimum Gasteiger partial charge on any atom is -0.364 e. The molecule has 0 atom stereocenters. The minimum atomic E-state index is -0.672. The number of benzene rings is 2. The molecule has 0 saturated carbocycles. The number of nitrogens with zero attached hydrogens (tertiary/aromatic N) is 3. The lowest BCUT2D eigenvalue weighted by Gasteiger charge is -2.29. The maximum Gasteiger partial charge on any atom is 0.271 e. The van der Waals surface area contributed by atoms with Crippen molar-refractivity contribution < 1.29 is 14.4 Å². The van der Waals surface area contributed by atoms with Crippen LogP contribution in [0.5, 0.6) is 0 Å². The molecular weight excluding hydrogens is 406 g/mol. The van der Waals surface area contributed by atoms with Crippen LogP contribution in [0, 0.1) is 0 Å². The third-order valence-corrected chi connectivity index (χ3v) is 5.53. The molecular formula is C24H25N5O3. The van der Waals surface area contributed by atoms with Gasteiger partial charge < -0.3 is 16.0 Å². The number of fused-ring (bicyclic) bond motifs is 1. The van der Waals surface area contributed by atoms with Crippen LogP contribution in [0.4, 0.5) is 0 Å². The monoisotopic (exact) mass is 431 g/mol. The summed E-state index contributed by atoms with van der Waals surface area (Å²) < 4.78 is 1.36. The first kappa shape index (κ1) is 21.3. The van der Waals surface area contributed by atoms with Crippen LogP contribution in [0.25, 0.3) is 5.69 Å². The summed E-state index contributed by atoms with van der Waals surface area (Å²) in [5.41, 5.74) is 8.80. The number of carbonyl (C=O) groups excluding carboxylic acids is 3. The lowest BCUT2D eigenvalue weighted by atomic mass is 9.99. The molecule has 1 aromatic heterocycles. The summed E-state index contributed by atoms with van der Waals surface area (Å²) >= 11 is 0. The average molecular weight is 431 g/mol. The molecule has 1 aliphatic heterocycles. The van der Waals surface area contributed by atoms with E-state index in [1.54, 1.807) is 24.3 Å². The molecule has 0 fully saturated rings. The Bertz CT molecular complexity index is 1140. The first-order valence-electron chi connectivity index (χ1n) is 10.6. The lowest BCUT2D eigenvalue weighted by Crippen LogP contribution is -2.36. The number of rotatable bonds is 7. The number of aromatic nitrogens is 2. The van der Waals surface area contributed by atoms with E-state index in [9.17, 15) is 14.4 Å². The van der Waals surface area contributed by atoms with E-state index >= 15 is 0 Å². The van der Waals surface area contributed by atoms with E-state index in [1.165, 1.54) is 21.9 Å². The number of nitrogens with one attached hydrogen (secondary N) is 1. The lowest BCUT2D eigenvalue weighted by molar-refractivity contribution is -0.132. The number of carbonyl (C=O) groups is 3. The molecule has 8 heteroatoms. The van der Waals surface area contributed by atoms with Gasteiger partial charge in [0, 0.05) is 32.1 Å². The number of para-hydroxylation sites is 1. The van der Waals surface area contributed by atoms with E-state index in [1.807, 2.05) is 23.1 Å². The number of nitrogens with two attached hydrogens (primary N) is 1. The highest BCUT2D eigenvalue weighted by atomic mass is 16.2. The Morgan fingerprint density at radius 2 is 1.72 bits per heavy atom. The molecule has 1 aliphatic rings. The molecule has 0 unspecified atom stereocenters. The predicted octanol–water partition coefficient (Wildman–Crippen LogP) is 2.07. The van der Waals surface area contributed by atoms with Crippen LogP contribution < -0.4 is 11.1 Å². The maximum atomic E-state index is 12.5. The van der Waals surface area contributed by atoms with Gasteiger partial charge in [-0.05, 0) is 36.1 Å². The second kappa shape index (κ2) is 9.47. The zero-order valence-electron chi connectivity index (χ0n) is 17.7. The van der Waals surface area contributed by atoms with E-state index in [-0.39, 0.29) is 17.3 Å². The molecule has 3 aromatic rings. The largest absolute Gasteiger partial charge is 0.364 e. The summed E-state index contributed by atoms with van der Waals surface area (Å²) in [4.78, 5) is 38.7. The van der Waals surface area contributed by atoms with Crippen LogP contribution in [-0.4, -0.2) is 45.5 Å². The van der Waals surface area contributed by atoms with Crippen LogP contribution >= 0.6 is 0 Å². The topological polar surface area (TPSA) is 110 Å². The van der Waals surface area contributed by atoms with Gasteiger partial charge in [0.1, 0.15) is 5.69 Å². The standard InChI is InChI=1S/C24H25N5O3/c25-23(31)21-15-20(27-29(21)19-9-2-1-3-10-19)24(32)26-13-6-11-22(30)28-14-12-17-7-4-5-8-18(17)16-28/h1-5,7-10,15H,6,11-14,16H2,(H2,25,31)(H,26,32). The van der Waals surface area contributed by atoms with Crippen LogP contribution in [0.1, 0.15) is 44.9 Å². The van der Waals surface area contributed by atoms with Crippen molar-refractivity contribution in [1.82, 2.24) is 20.0 Å². The molecule has 164 valence electrons. The first-order chi connectivity index (χ1) is 15.5. The Labute approximate surface area is 186 Å². The van der Waals surface area contributed by atoms with Gasteiger partial charge in [-0.15, -0.1) is 0 Å². The van der Waals surface area contributed by atoms with E-state index in [0.29, 0.717) is 31.6 Å². The summed E-state index contributed by atoms with van der Waals surface area (Å²) in [6.45, 7) is 1.68. The molecule has 32 heavy (non-hydrogen) atoms. The molecule has 2 aromatic carbocycles. The normalized spacial score (nSPS) is 12.8. The van der Waals surface area contributed by atoms with Gasteiger partial charge in [-0.3, -0.25) is 14.4 Å². The van der Waals surface area contributed by atoms with Gasteiger partial charge in [0.05, 0.1) is 5.69 Å². The second-order valence-corrected chi connectivity index (χ2v) is 7.72. The molecule has 3 N–H and O–H groups in total. The fourth-order valence-corrected chi connectivity index (χ4v) is 3.83. The van der Waals surface area contributed by atoms with Crippen LogP contribution in [-0.2, 0) is 17.8 Å². The third kappa shape index (κ3) is 4.69. The molecule has 4 rings (SSSR count). The third-order valence-electron chi connectivity index (χ3n) is 5.53. The fourth-order valence-electron chi connectivity index (χ4n) is 3.83. The number of hydrogen-bond donors (Lipinski definition) is 2. The SMILES string of the molecule is NC(=O)c1cc(C(=O)NCCCC(=O)N2CCc3ccccc3C2)nn1-c1ccccc1.